The molecular weight excluding hydrogens is 246 g/mol. The van der Waals surface area contributed by atoms with Crippen LogP contribution in [0.25, 0.3) is 0 Å². The molecule has 0 aliphatic heterocycles. The highest BCUT2D eigenvalue weighted by Crippen LogP contribution is 2.25. The van der Waals surface area contributed by atoms with Gasteiger partial charge in [0.2, 0.25) is 0 Å². The molecule has 0 spiro atoms. The highest BCUT2D eigenvalue weighted by molar-refractivity contribution is 5.75. The SMILES string of the molecule is CCOC(=O)C(C)NCCOc1ccccc1OC. The van der Waals surface area contributed by atoms with Crippen molar-refractivity contribution in [3.8, 4) is 11.5 Å². The normalized spacial score (nSPS) is 11.7. The Kier molecular flexibility index (Phi) is 6.74. The van der Waals surface area contributed by atoms with E-state index in [-0.39, 0.29) is 12.0 Å². The maximum Gasteiger partial charge on any atom is 0.322 e. The van der Waals surface area contributed by atoms with E-state index in [2.05, 4.69) is 5.32 Å². The number of esters is 1. The first-order valence-electron chi connectivity index (χ1n) is 6.34. The zero-order valence-corrected chi connectivity index (χ0v) is 11.6. The van der Waals surface area contributed by atoms with Gasteiger partial charge in [-0.15, -0.1) is 0 Å². The molecule has 19 heavy (non-hydrogen) atoms. The fraction of sp³-hybridized carbons (Fsp3) is 0.500. The number of hydrogen-bond donors (Lipinski definition) is 1. The molecule has 1 atom stereocenters. The van der Waals surface area contributed by atoms with Crippen molar-refractivity contribution in [3.05, 3.63) is 24.3 Å². The highest BCUT2D eigenvalue weighted by atomic mass is 16.5. The standard InChI is InChI=1S/C14H21NO4/c1-4-18-14(16)11(2)15-9-10-19-13-8-6-5-7-12(13)17-3/h5-8,11,15H,4,9-10H2,1-3H3. The molecule has 1 rings (SSSR count). The van der Waals surface area contributed by atoms with Crippen molar-refractivity contribution in [1.29, 1.82) is 0 Å². The Bertz CT molecular complexity index is 395. The largest absolute Gasteiger partial charge is 0.493 e. The van der Waals surface area contributed by atoms with Gasteiger partial charge in [0.15, 0.2) is 11.5 Å². The van der Waals surface area contributed by atoms with E-state index in [0.717, 1.165) is 0 Å². The van der Waals surface area contributed by atoms with Crippen LogP contribution in [0.4, 0.5) is 0 Å². The molecule has 1 unspecified atom stereocenters. The van der Waals surface area contributed by atoms with Gasteiger partial charge >= 0.3 is 5.97 Å². The van der Waals surface area contributed by atoms with Crippen molar-refractivity contribution in [2.45, 2.75) is 19.9 Å². The predicted molar refractivity (Wildman–Crippen MR) is 72.6 cm³/mol. The zero-order valence-electron chi connectivity index (χ0n) is 11.6. The van der Waals surface area contributed by atoms with E-state index in [4.69, 9.17) is 14.2 Å². The van der Waals surface area contributed by atoms with Crippen LogP contribution in [-0.4, -0.2) is 38.9 Å². The molecule has 0 heterocycles. The number of ether oxygens (including phenoxy) is 3. The van der Waals surface area contributed by atoms with Gasteiger partial charge < -0.3 is 19.5 Å². The first-order chi connectivity index (χ1) is 9.19. The Morgan fingerprint density at radius 2 is 2.00 bits per heavy atom. The van der Waals surface area contributed by atoms with Gasteiger partial charge in [-0.3, -0.25) is 4.79 Å². The van der Waals surface area contributed by atoms with Crippen LogP contribution in [0.3, 0.4) is 0 Å². The smallest absolute Gasteiger partial charge is 0.322 e. The van der Waals surface area contributed by atoms with E-state index in [1.165, 1.54) is 0 Å². The Morgan fingerprint density at radius 1 is 1.32 bits per heavy atom. The zero-order chi connectivity index (χ0) is 14.1. The van der Waals surface area contributed by atoms with Crippen LogP contribution in [0.1, 0.15) is 13.8 Å². The van der Waals surface area contributed by atoms with Crippen LogP contribution in [-0.2, 0) is 9.53 Å². The fourth-order valence-corrected chi connectivity index (χ4v) is 1.53. The summed E-state index contributed by atoms with van der Waals surface area (Å²) in [7, 11) is 1.60. The lowest BCUT2D eigenvalue weighted by Crippen LogP contribution is -2.37. The average Bonchev–Trinajstić information content (AvgIpc) is 2.44. The van der Waals surface area contributed by atoms with Crippen molar-refractivity contribution in [2.75, 3.05) is 26.9 Å². The van der Waals surface area contributed by atoms with Crippen molar-refractivity contribution in [3.63, 3.8) is 0 Å². The Labute approximate surface area is 113 Å². The Morgan fingerprint density at radius 3 is 2.63 bits per heavy atom. The minimum absolute atomic E-state index is 0.250. The summed E-state index contributed by atoms with van der Waals surface area (Å²) in [4.78, 5) is 11.4. The summed E-state index contributed by atoms with van der Waals surface area (Å²) >= 11 is 0. The number of nitrogens with one attached hydrogen (secondary N) is 1. The van der Waals surface area contributed by atoms with E-state index >= 15 is 0 Å². The lowest BCUT2D eigenvalue weighted by molar-refractivity contribution is -0.145. The Hall–Kier alpha value is -1.75. The molecule has 0 fully saturated rings. The van der Waals surface area contributed by atoms with Crippen LogP contribution < -0.4 is 14.8 Å². The van der Waals surface area contributed by atoms with Crippen molar-refractivity contribution in [1.82, 2.24) is 5.32 Å². The number of carbonyl (C=O) groups excluding carboxylic acids is 1. The summed E-state index contributed by atoms with van der Waals surface area (Å²) in [6, 6.07) is 7.11. The average molecular weight is 267 g/mol. The molecular formula is C14H21NO4. The quantitative estimate of drug-likeness (QED) is 0.573. The molecule has 106 valence electrons. The molecule has 1 aromatic rings. The van der Waals surface area contributed by atoms with Crippen LogP contribution in [0.15, 0.2) is 24.3 Å². The molecule has 0 radical (unpaired) electrons. The minimum atomic E-state index is -0.332. The van der Waals surface area contributed by atoms with Crippen molar-refractivity contribution in [2.24, 2.45) is 0 Å². The van der Waals surface area contributed by atoms with Crippen molar-refractivity contribution < 1.29 is 19.0 Å². The predicted octanol–water partition coefficient (Wildman–Crippen LogP) is 1.62. The van der Waals surface area contributed by atoms with Gasteiger partial charge in [-0.25, -0.2) is 0 Å². The van der Waals surface area contributed by atoms with Gasteiger partial charge in [-0.05, 0) is 26.0 Å². The summed E-state index contributed by atoms with van der Waals surface area (Å²) in [5.74, 6) is 1.14. The monoisotopic (exact) mass is 267 g/mol. The van der Waals surface area contributed by atoms with E-state index in [0.29, 0.717) is 31.3 Å². The van der Waals surface area contributed by atoms with Crippen LogP contribution in [0.2, 0.25) is 0 Å². The molecule has 0 saturated heterocycles. The molecule has 1 N–H and O–H groups in total. The molecule has 0 aromatic heterocycles. The molecule has 5 heteroatoms. The maximum absolute atomic E-state index is 11.4. The fourth-order valence-electron chi connectivity index (χ4n) is 1.53. The third kappa shape index (κ3) is 5.18. The van der Waals surface area contributed by atoms with Crippen molar-refractivity contribution >= 4 is 5.97 Å². The molecule has 0 aliphatic carbocycles. The summed E-state index contributed by atoms with van der Waals surface area (Å²) < 4.78 is 15.6. The second-order valence-electron chi connectivity index (χ2n) is 3.93. The molecule has 5 nitrogen and oxygen atoms in total. The molecule has 0 aliphatic rings. The van der Waals surface area contributed by atoms with Gasteiger partial charge in [0.05, 0.1) is 13.7 Å². The van der Waals surface area contributed by atoms with Crippen LogP contribution >= 0.6 is 0 Å². The van der Waals surface area contributed by atoms with Gasteiger partial charge in [0, 0.05) is 6.54 Å². The van der Waals surface area contributed by atoms with E-state index in [1.54, 1.807) is 21.0 Å². The lowest BCUT2D eigenvalue weighted by Gasteiger charge is -2.14. The van der Waals surface area contributed by atoms with Gasteiger partial charge in [-0.1, -0.05) is 12.1 Å². The third-order valence-electron chi connectivity index (χ3n) is 2.52. The molecule has 1 aromatic carbocycles. The van der Waals surface area contributed by atoms with Gasteiger partial charge in [-0.2, -0.15) is 0 Å². The number of para-hydroxylation sites is 2. The highest BCUT2D eigenvalue weighted by Gasteiger charge is 2.12. The maximum atomic E-state index is 11.4. The number of carbonyl (C=O) groups is 1. The number of rotatable bonds is 8. The minimum Gasteiger partial charge on any atom is -0.493 e. The topological polar surface area (TPSA) is 56.8 Å². The number of benzene rings is 1. The Balaban J connectivity index is 2.29. The van der Waals surface area contributed by atoms with Gasteiger partial charge in [0.25, 0.3) is 0 Å². The molecule has 0 amide bonds. The third-order valence-corrected chi connectivity index (χ3v) is 2.52. The lowest BCUT2D eigenvalue weighted by atomic mass is 10.3. The van der Waals surface area contributed by atoms with E-state index in [9.17, 15) is 4.79 Å². The van der Waals surface area contributed by atoms with Gasteiger partial charge in [0.1, 0.15) is 12.6 Å². The number of methoxy groups -OCH3 is 1. The van der Waals surface area contributed by atoms with Crippen LogP contribution in [0.5, 0.6) is 11.5 Å². The van der Waals surface area contributed by atoms with E-state index < -0.39 is 0 Å². The summed E-state index contributed by atoms with van der Waals surface area (Å²) in [5, 5.41) is 3.03. The summed E-state index contributed by atoms with van der Waals surface area (Å²) in [6.45, 7) is 4.95. The van der Waals surface area contributed by atoms with Crippen LogP contribution in [0, 0.1) is 0 Å². The number of hydrogen-bond acceptors (Lipinski definition) is 5. The molecule has 0 bridgehead atoms. The summed E-state index contributed by atoms with van der Waals surface area (Å²) in [5.41, 5.74) is 0. The van der Waals surface area contributed by atoms with E-state index in [1.807, 2.05) is 24.3 Å². The summed E-state index contributed by atoms with van der Waals surface area (Å²) in [6.07, 6.45) is 0. The first kappa shape index (κ1) is 15.3. The second-order valence-corrected chi connectivity index (χ2v) is 3.93. The molecule has 0 saturated carbocycles. The second kappa shape index (κ2) is 8.37. The first-order valence-corrected chi connectivity index (χ1v) is 6.34.